The van der Waals surface area contributed by atoms with Gasteiger partial charge in [-0.2, -0.15) is 0 Å². The number of sulfonamides is 1. The summed E-state index contributed by atoms with van der Waals surface area (Å²) in [4.78, 5) is 2.72. The fourth-order valence-electron chi connectivity index (χ4n) is 2.80. The molecule has 1 aliphatic heterocycles. The lowest BCUT2D eigenvalue weighted by Gasteiger charge is -2.27. The highest BCUT2D eigenvalue weighted by atomic mass is 32.2. The molecular weight excluding hydrogens is 310 g/mol. The molecule has 6 heteroatoms. The Morgan fingerprint density at radius 1 is 1.17 bits per heavy atom. The maximum Gasteiger partial charge on any atom is 0.240 e. The molecule has 0 aliphatic carbocycles. The van der Waals surface area contributed by atoms with Gasteiger partial charge < -0.3 is 10.2 Å². The number of hydrogen-bond donors (Lipinski definition) is 2. The Hall–Kier alpha value is -0.950. The number of hydrogen-bond acceptors (Lipinski definition) is 4. The quantitative estimate of drug-likeness (QED) is 0.704. The summed E-state index contributed by atoms with van der Waals surface area (Å²) in [5.41, 5.74) is 1.18. The van der Waals surface area contributed by atoms with Gasteiger partial charge in [-0.25, -0.2) is 13.1 Å². The van der Waals surface area contributed by atoms with Crippen LogP contribution in [0.15, 0.2) is 29.2 Å². The molecule has 1 aromatic carbocycles. The van der Waals surface area contributed by atoms with Gasteiger partial charge in [0, 0.05) is 32.7 Å². The van der Waals surface area contributed by atoms with Gasteiger partial charge in [-0.05, 0) is 43.0 Å². The standard InChI is InChI=1S/C17H29N3O2S/c1-15(2)14-16-4-6-17(7-5-16)23(21,22)19-8-3-11-20-12-9-18-10-13-20/h4-7,15,18-19H,3,8-14H2,1-2H3. The number of nitrogens with one attached hydrogen (secondary N) is 2. The maximum absolute atomic E-state index is 12.3. The first-order valence-electron chi connectivity index (χ1n) is 8.49. The van der Waals surface area contributed by atoms with E-state index in [-0.39, 0.29) is 0 Å². The largest absolute Gasteiger partial charge is 0.314 e. The van der Waals surface area contributed by atoms with Gasteiger partial charge >= 0.3 is 0 Å². The molecule has 0 aromatic heterocycles. The summed E-state index contributed by atoms with van der Waals surface area (Å²) in [7, 11) is -3.39. The first-order valence-corrected chi connectivity index (χ1v) is 9.97. The molecule has 130 valence electrons. The lowest BCUT2D eigenvalue weighted by atomic mass is 10.0. The van der Waals surface area contributed by atoms with Crippen LogP contribution in [0.5, 0.6) is 0 Å². The van der Waals surface area contributed by atoms with E-state index < -0.39 is 10.0 Å². The van der Waals surface area contributed by atoms with Crippen molar-refractivity contribution in [3.63, 3.8) is 0 Å². The third-order valence-electron chi connectivity index (χ3n) is 4.03. The molecule has 0 atom stereocenters. The van der Waals surface area contributed by atoms with Gasteiger partial charge in [-0.1, -0.05) is 26.0 Å². The van der Waals surface area contributed by atoms with Crippen molar-refractivity contribution in [2.75, 3.05) is 39.3 Å². The topological polar surface area (TPSA) is 61.4 Å². The van der Waals surface area contributed by atoms with Gasteiger partial charge in [0.15, 0.2) is 0 Å². The van der Waals surface area contributed by atoms with Crippen LogP contribution in [0.3, 0.4) is 0 Å². The molecule has 1 fully saturated rings. The Kier molecular flexibility index (Phi) is 7.02. The van der Waals surface area contributed by atoms with Crippen molar-refractivity contribution in [3.05, 3.63) is 29.8 Å². The fraction of sp³-hybridized carbons (Fsp3) is 0.647. The van der Waals surface area contributed by atoms with E-state index in [9.17, 15) is 8.42 Å². The molecular formula is C17H29N3O2S. The molecule has 0 unspecified atom stereocenters. The van der Waals surface area contributed by atoms with Crippen LogP contribution in [-0.2, 0) is 16.4 Å². The zero-order valence-electron chi connectivity index (χ0n) is 14.2. The highest BCUT2D eigenvalue weighted by Gasteiger charge is 2.14. The highest BCUT2D eigenvalue weighted by molar-refractivity contribution is 7.89. The molecule has 23 heavy (non-hydrogen) atoms. The third-order valence-corrected chi connectivity index (χ3v) is 5.51. The van der Waals surface area contributed by atoms with E-state index in [1.807, 2.05) is 12.1 Å². The summed E-state index contributed by atoms with van der Waals surface area (Å²) in [6, 6.07) is 7.23. The summed E-state index contributed by atoms with van der Waals surface area (Å²) in [5.74, 6) is 0.570. The third kappa shape index (κ3) is 6.22. The van der Waals surface area contributed by atoms with Crippen LogP contribution < -0.4 is 10.0 Å². The Labute approximate surface area is 140 Å². The van der Waals surface area contributed by atoms with Crippen LogP contribution in [0, 0.1) is 5.92 Å². The normalized spacial score (nSPS) is 16.8. The van der Waals surface area contributed by atoms with Crippen LogP contribution in [0.2, 0.25) is 0 Å². The van der Waals surface area contributed by atoms with Crippen LogP contribution in [-0.4, -0.2) is 52.6 Å². The van der Waals surface area contributed by atoms with Crippen molar-refractivity contribution < 1.29 is 8.42 Å². The molecule has 2 rings (SSSR count). The molecule has 0 radical (unpaired) electrons. The van der Waals surface area contributed by atoms with E-state index >= 15 is 0 Å². The van der Waals surface area contributed by atoms with Crippen LogP contribution >= 0.6 is 0 Å². The molecule has 2 N–H and O–H groups in total. The molecule has 0 spiro atoms. The number of piperazine rings is 1. The Bertz CT molecular complexity index is 564. The minimum Gasteiger partial charge on any atom is -0.314 e. The first kappa shape index (κ1) is 18.4. The fourth-order valence-corrected chi connectivity index (χ4v) is 3.88. The van der Waals surface area contributed by atoms with Gasteiger partial charge in [-0.15, -0.1) is 0 Å². The number of rotatable bonds is 8. The van der Waals surface area contributed by atoms with Gasteiger partial charge in [0.1, 0.15) is 0 Å². The minimum absolute atomic E-state index is 0.354. The SMILES string of the molecule is CC(C)Cc1ccc(S(=O)(=O)NCCCN2CCNCC2)cc1. The van der Waals surface area contributed by atoms with Crippen molar-refractivity contribution in [3.8, 4) is 0 Å². The van der Waals surface area contributed by atoms with Gasteiger partial charge in [0.25, 0.3) is 0 Å². The van der Waals surface area contributed by atoms with Crippen molar-refractivity contribution in [1.82, 2.24) is 14.9 Å². The van der Waals surface area contributed by atoms with E-state index in [0.29, 0.717) is 17.4 Å². The lowest BCUT2D eigenvalue weighted by molar-refractivity contribution is 0.239. The molecule has 1 aliphatic rings. The van der Waals surface area contributed by atoms with Gasteiger partial charge in [0.2, 0.25) is 10.0 Å². The predicted molar refractivity (Wildman–Crippen MR) is 94.1 cm³/mol. The van der Waals surface area contributed by atoms with E-state index in [1.54, 1.807) is 12.1 Å². The molecule has 0 amide bonds. The summed E-state index contributed by atoms with van der Waals surface area (Å²) in [5, 5.41) is 3.31. The smallest absolute Gasteiger partial charge is 0.240 e. The van der Waals surface area contributed by atoms with E-state index in [4.69, 9.17) is 0 Å². The molecule has 1 heterocycles. The Balaban J connectivity index is 1.78. The van der Waals surface area contributed by atoms with E-state index in [1.165, 1.54) is 5.56 Å². The minimum atomic E-state index is -3.39. The second-order valence-electron chi connectivity index (χ2n) is 6.58. The van der Waals surface area contributed by atoms with Crippen LogP contribution in [0.1, 0.15) is 25.8 Å². The average Bonchev–Trinajstić information content (AvgIpc) is 2.53. The second-order valence-corrected chi connectivity index (χ2v) is 8.35. The van der Waals surface area contributed by atoms with Gasteiger partial charge in [-0.3, -0.25) is 0 Å². The number of nitrogens with zero attached hydrogens (tertiary/aromatic N) is 1. The highest BCUT2D eigenvalue weighted by Crippen LogP contribution is 2.13. The summed E-state index contributed by atoms with van der Waals surface area (Å²) < 4.78 is 27.3. The molecule has 0 bridgehead atoms. The van der Waals surface area contributed by atoms with Crippen molar-refractivity contribution >= 4 is 10.0 Å². The van der Waals surface area contributed by atoms with Gasteiger partial charge in [0.05, 0.1) is 4.90 Å². The molecule has 5 nitrogen and oxygen atoms in total. The second kappa shape index (κ2) is 8.78. The first-order chi connectivity index (χ1) is 11.0. The zero-order chi connectivity index (χ0) is 16.7. The van der Waals surface area contributed by atoms with Crippen LogP contribution in [0.25, 0.3) is 0 Å². The molecule has 1 saturated heterocycles. The summed E-state index contributed by atoms with van der Waals surface area (Å²) >= 11 is 0. The van der Waals surface area contributed by atoms with E-state index in [2.05, 4.69) is 28.8 Å². The Morgan fingerprint density at radius 3 is 2.43 bits per heavy atom. The maximum atomic E-state index is 12.3. The zero-order valence-corrected chi connectivity index (χ0v) is 15.0. The van der Waals surface area contributed by atoms with Crippen molar-refractivity contribution in [2.24, 2.45) is 5.92 Å². The molecule has 1 aromatic rings. The Morgan fingerprint density at radius 2 is 1.83 bits per heavy atom. The average molecular weight is 340 g/mol. The summed E-state index contributed by atoms with van der Waals surface area (Å²) in [6.45, 7) is 9.88. The monoisotopic (exact) mass is 339 g/mol. The lowest BCUT2D eigenvalue weighted by Crippen LogP contribution is -2.44. The van der Waals surface area contributed by atoms with Crippen LogP contribution in [0.4, 0.5) is 0 Å². The van der Waals surface area contributed by atoms with Crippen molar-refractivity contribution in [1.29, 1.82) is 0 Å². The van der Waals surface area contributed by atoms with E-state index in [0.717, 1.165) is 45.6 Å². The van der Waals surface area contributed by atoms with Crippen molar-refractivity contribution in [2.45, 2.75) is 31.6 Å². The summed E-state index contributed by atoms with van der Waals surface area (Å²) in [6.07, 6.45) is 1.81. The molecule has 0 saturated carbocycles. The number of benzene rings is 1. The predicted octanol–water partition coefficient (Wildman–Crippen LogP) is 1.46.